The highest BCUT2D eigenvalue weighted by molar-refractivity contribution is 7.07. The van der Waals surface area contributed by atoms with E-state index in [2.05, 4.69) is 10.4 Å². The Morgan fingerprint density at radius 1 is 1.43 bits per heavy atom. The number of aromatic amines is 1. The molecule has 3 aromatic rings. The highest BCUT2D eigenvalue weighted by Crippen LogP contribution is 2.20. The molecule has 108 valence electrons. The largest absolute Gasteiger partial charge is 0.478 e. The normalized spacial score (nSPS) is 12.6. The van der Waals surface area contributed by atoms with Gasteiger partial charge >= 0.3 is 11.7 Å². The fourth-order valence-corrected chi connectivity index (χ4v) is 3.21. The van der Waals surface area contributed by atoms with Crippen LogP contribution in [-0.2, 0) is 6.42 Å². The number of benzene rings is 1. The molecule has 0 spiro atoms. The van der Waals surface area contributed by atoms with Crippen LogP contribution in [0.15, 0.2) is 39.8 Å². The van der Waals surface area contributed by atoms with Crippen LogP contribution in [0.2, 0.25) is 0 Å². The van der Waals surface area contributed by atoms with Crippen molar-refractivity contribution in [1.82, 2.24) is 9.55 Å². The zero-order valence-corrected chi connectivity index (χ0v) is 12.2. The second-order valence-electron chi connectivity index (χ2n) is 5.02. The Kier molecular flexibility index (Phi) is 3.39. The molecule has 5 nitrogen and oxygen atoms in total. The molecule has 0 saturated carbocycles. The van der Waals surface area contributed by atoms with Gasteiger partial charge in [0, 0.05) is 6.04 Å². The second kappa shape index (κ2) is 5.21. The molecule has 2 heterocycles. The zero-order valence-electron chi connectivity index (χ0n) is 11.4. The highest BCUT2D eigenvalue weighted by Gasteiger charge is 2.15. The lowest BCUT2D eigenvalue weighted by atomic mass is 10.1. The molecular formula is C15H14N2O3S. The molecule has 6 heteroatoms. The van der Waals surface area contributed by atoms with Crippen molar-refractivity contribution < 1.29 is 9.90 Å². The van der Waals surface area contributed by atoms with Gasteiger partial charge < -0.3 is 10.1 Å². The number of aromatic nitrogens is 2. The SMILES string of the molecule is CC(Cc1ccsc1)n1c(=O)[nH]c2ccc(C(=O)O)cc21. The van der Waals surface area contributed by atoms with Gasteiger partial charge in [-0.05, 0) is 53.9 Å². The molecule has 1 aromatic carbocycles. The van der Waals surface area contributed by atoms with E-state index in [1.54, 1.807) is 28.0 Å². The molecule has 0 radical (unpaired) electrons. The van der Waals surface area contributed by atoms with Gasteiger partial charge in [-0.1, -0.05) is 0 Å². The van der Waals surface area contributed by atoms with Crippen molar-refractivity contribution in [2.75, 3.05) is 0 Å². The number of carbonyl (C=O) groups is 1. The standard InChI is InChI=1S/C15H14N2O3S/c1-9(6-10-4-5-21-8-10)17-13-7-11(14(18)19)2-3-12(13)16-15(17)20/h2-5,7-9H,6H2,1H3,(H,16,20)(H,18,19). The third-order valence-electron chi connectivity index (χ3n) is 3.52. The van der Waals surface area contributed by atoms with E-state index in [9.17, 15) is 9.59 Å². The Labute approximate surface area is 124 Å². The van der Waals surface area contributed by atoms with Crippen molar-refractivity contribution in [2.45, 2.75) is 19.4 Å². The van der Waals surface area contributed by atoms with E-state index in [1.807, 2.05) is 18.4 Å². The van der Waals surface area contributed by atoms with Gasteiger partial charge in [0.1, 0.15) is 0 Å². The molecule has 1 unspecified atom stereocenters. The van der Waals surface area contributed by atoms with Gasteiger partial charge in [0.25, 0.3) is 0 Å². The smallest absolute Gasteiger partial charge is 0.335 e. The summed E-state index contributed by atoms with van der Waals surface area (Å²) in [7, 11) is 0. The second-order valence-corrected chi connectivity index (χ2v) is 5.80. The average Bonchev–Trinajstić information content (AvgIpc) is 3.03. The molecule has 0 aliphatic heterocycles. The lowest BCUT2D eigenvalue weighted by Crippen LogP contribution is -2.21. The number of thiophene rings is 1. The van der Waals surface area contributed by atoms with Gasteiger partial charge in [-0.2, -0.15) is 11.3 Å². The predicted molar refractivity (Wildman–Crippen MR) is 82.3 cm³/mol. The monoisotopic (exact) mass is 302 g/mol. The van der Waals surface area contributed by atoms with Crippen LogP contribution >= 0.6 is 11.3 Å². The maximum Gasteiger partial charge on any atom is 0.335 e. The van der Waals surface area contributed by atoms with Crippen molar-refractivity contribution in [1.29, 1.82) is 0 Å². The number of rotatable bonds is 4. The van der Waals surface area contributed by atoms with E-state index < -0.39 is 5.97 Å². The summed E-state index contributed by atoms with van der Waals surface area (Å²) in [5, 5.41) is 13.1. The van der Waals surface area contributed by atoms with Crippen LogP contribution < -0.4 is 5.69 Å². The number of aromatic carboxylic acids is 1. The number of fused-ring (bicyclic) bond motifs is 1. The Morgan fingerprint density at radius 3 is 2.90 bits per heavy atom. The lowest BCUT2D eigenvalue weighted by Gasteiger charge is -2.13. The number of imidazole rings is 1. The summed E-state index contributed by atoms with van der Waals surface area (Å²) < 4.78 is 1.62. The first-order chi connectivity index (χ1) is 10.1. The van der Waals surface area contributed by atoms with Crippen LogP contribution in [-0.4, -0.2) is 20.6 Å². The van der Waals surface area contributed by atoms with Gasteiger partial charge in [0.2, 0.25) is 0 Å². The van der Waals surface area contributed by atoms with Crippen LogP contribution in [0.4, 0.5) is 0 Å². The summed E-state index contributed by atoms with van der Waals surface area (Å²) in [5.74, 6) is -0.998. The fraction of sp³-hybridized carbons (Fsp3) is 0.200. The number of nitrogens with one attached hydrogen (secondary N) is 1. The van der Waals surface area contributed by atoms with Crippen LogP contribution in [0, 0.1) is 0 Å². The minimum atomic E-state index is -0.998. The molecule has 21 heavy (non-hydrogen) atoms. The summed E-state index contributed by atoms with van der Waals surface area (Å²) >= 11 is 1.62. The van der Waals surface area contributed by atoms with E-state index in [4.69, 9.17) is 5.11 Å². The number of carboxylic acids is 1. The topological polar surface area (TPSA) is 75.1 Å². The molecule has 0 bridgehead atoms. The lowest BCUT2D eigenvalue weighted by molar-refractivity contribution is 0.0697. The van der Waals surface area contributed by atoms with E-state index >= 15 is 0 Å². The van der Waals surface area contributed by atoms with Crippen molar-refractivity contribution in [3.63, 3.8) is 0 Å². The maximum atomic E-state index is 12.2. The first kappa shape index (κ1) is 13.6. The van der Waals surface area contributed by atoms with Gasteiger partial charge in [-0.15, -0.1) is 0 Å². The summed E-state index contributed by atoms with van der Waals surface area (Å²) in [6.45, 7) is 1.96. The predicted octanol–water partition coefficient (Wildman–Crippen LogP) is 2.89. The van der Waals surface area contributed by atoms with E-state index in [1.165, 1.54) is 11.6 Å². The quantitative estimate of drug-likeness (QED) is 0.778. The molecule has 0 aliphatic rings. The van der Waals surface area contributed by atoms with Gasteiger partial charge in [0.15, 0.2) is 0 Å². The number of hydrogen-bond acceptors (Lipinski definition) is 3. The average molecular weight is 302 g/mol. The molecule has 0 aliphatic carbocycles. The Morgan fingerprint density at radius 2 is 2.24 bits per heavy atom. The highest BCUT2D eigenvalue weighted by atomic mass is 32.1. The summed E-state index contributed by atoms with van der Waals surface area (Å²) in [6.07, 6.45) is 0.730. The molecule has 3 rings (SSSR count). The van der Waals surface area contributed by atoms with Crippen LogP contribution in [0.1, 0.15) is 28.9 Å². The number of nitrogens with zero attached hydrogens (tertiary/aromatic N) is 1. The third kappa shape index (κ3) is 2.50. The molecular weight excluding hydrogens is 288 g/mol. The van der Waals surface area contributed by atoms with E-state index in [0.29, 0.717) is 11.0 Å². The van der Waals surface area contributed by atoms with Gasteiger partial charge in [0.05, 0.1) is 16.6 Å². The Balaban J connectivity index is 2.08. The first-order valence-electron chi connectivity index (χ1n) is 6.55. The van der Waals surface area contributed by atoms with Gasteiger partial charge in [-0.25, -0.2) is 9.59 Å². The third-order valence-corrected chi connectivity index (χ3v) is 4.25. The zero-order chi connectivity index (χ0) is 15.0. The Hall–Kier alpha value is -2.34. The Bertz CT molecular complexity index is 846. The molecule has 2 N–H and O–H groups in total. The summed E-state index contributed by atoms with van der Waals surface area (Å²) in [4.78, 5) is 26.0. The van der Waals surface area contributed by atoms with Crippen molar-refractivity contribution in [3.05, 3.63) is 56.6 Å². The van der Waals surface area contributed by atoms with Crippen molar-refractivity contribution >= 4 is 28.3 Å². The molecule has 0 saturated heterocycles. The van der Waals surface area contributed by atoms with Gasteiger partial charge in [-0.3, -0.25) is 4.57 Å². The van der Waals surface area contributed by atoms with E-state index in [0.717, 1.165) is 6.42 Å². The minimum Gasteiger partial charge on any atom is -0.478 e. The fourth-order valence-electron chi connectivity index (χ4n) is 2.53. The summed E-state index contributed by atoms with van der Waals surface area (Å²) in [5.41, 5.74) is 2.42. The molecule has 0 fully saturated rings. The maximum absolute atomic E-state index is 12.2. The number of H-pyrrole nitrogens is 1. The van der Waals surface area contributed by atoms with Crippen LogP contribution in [0.5, 0.6) is 0 Å². The molecule has 1 atom stereocenters. The number of hydrogen-bond donors (Lipinski definition) is 2. The molecule has 2 aromatic heterocycles. The van der Waals surface area contributed by atoms with Crippen molar-refractivity contribution in [2.24, 2.45) is 0 Å². The van der Waals surface area contributed by atoms with Crippen LogP contribution in [0.25, 0.3) is 11.0 Å². The van der Waals surface area contributed by atoms with Crippen LogP contribution in [0.3, 0.4) is 0 Å². The van der Waals surface area contributed by atoms with Crippen molar-refractivity contribution in [3.8, 4) is 0 Å². The molecule has 0 amide bonds. The van der Waals surface area contributed by atoms with E-state index in [-0.39, 0.29) is 17.3 Å². The minimum absolute atomic E-state index is 0.0510. The number of carboxylic acid groups (broad SMARTS) is 1. The summed E-state index contributed by atoms with van der Waals surface area (Å²) in [6, 6.07) is 6.65. The first-order valence-corrected chi connectivity index (χ1v) is 7.49.